The normalized spacial score (nSPS) is 30.0. The maximum absolute atomic E-state index is 13.5. The molecule has 6 rings (SSSR count). The Morgan fingerprint density at radius 2 is 1.52 bits per heavy atom. The molecular formula is C24H32N2O4S. The molecule has 7 heteroatoms. The molecule has 5 aliphatic rings. The van der Waals surface area contributed by atoms with E-state index in [1.54, 1.807) is 11.3 Å². The number of hydrogen-bond donors (Lipinski definition) is 2. The molecule has 2 bridgehead atoms. The second-order valence-corrected chi connectivity index (χ2v) is 10.9. The van der Waals surface area contributed by atoms with Gasteiger partial charge in [-0.05, 0) is 88.0 Å². The summed E-state index contributed by atoms with van der Waals surface area (Å²) in [6.45, 7) is 1.56. The Morgan fingerprint density at radius 1 is 0.871 bits per heavy atom. The summed E-state index contributed by atoms with van der Waals surface area (Å²) in [6.07, 6.45) is 11.0. The van der Waals surface area contributed by atoms with Crippen molar-refractivity contribution in [1.29, 1.82) is 0 Å². The summed E-state index contributed by atoms with van der Waals surface area (Å²) in [4.78, 5) is 42.1. The molecule has 1 aromatic rings. The van der Waals surface area contributed by atoms with Gasteiger partial charge < -0.3 is 15.3 Å². The van der Waals surface area contributed by atoms with Crippen molar-refractivity contribution in [2.24, 2.45) is 23.7 Å². The first-order chi connectivity index (χ1) is 15.0. The van der Waals surface area contributed by atoms with Gasteiger partial charge in [-0.2, -0.15) is 0 Å². The average molecular weight is 445 g/mol. The first-order valence-corrected chi connectivity index (χ1v) is 12.8. The van der Waals surface area contributed by atoms with E-state index in [9.17, 15) is 19.5 Å². The van der Waals surface area contributed by atoms with Gasteiger partial charge in [-0.3, -0.25) is 14.4 Å². The molecule has 1 aliphatic heterocycles. The fourth-order valence-electron chi connectivity index (χ4n) is 6.51. The molecule has 31 heavy (non-hydrogen) atoms. The summed E-state index contributed by atoms with van der Waals surface area (Å²) in [6, 6.07) is 0. The minimum atomic E-state index is -0.843. The van der Waals surface area contributed by atoms with E-state index in [0.29, 0.717) is 10.6 Å². The van der Waals surface area contributed by atoms with Crippen LogP contribution in [0, 0.1) is 23.7 Å². The monoisotopic (exact) mass is 444 g/mol. The molecule has 2 heterocycles. The van der Waals surface area contributed by atoms with E-state index in [0.717, 1.165) is 89.3 Å². The zero-order chi connectivity index (χ0) is 21.5. The predicted molar refractivity (Wildman–Crippen MR) is 119 cm³/mol. The Labute approximate surface area is 187 Å². The average Bonchev–Trinajstić information content (AvgIpc) is 3.16. The van der Waals surface area contributed by atoms with Gasteiger partial charge in [-0.1, -0.05) is 0 Å². The Kier molecular flexibility index (Phi) is 5.80. The molecule has 4 fully saturated rings. The van der Waals surface area contributed by atoms with Gasteiger partial charge in [0.1, 0.15) is 5.00 Å². The highest BCUT2D eigenvalue weighted by molar-refractivity contribution is 7.17. The number of likely N-dealkylation sites (tertiary alicyclic amines) is 1. The van der Waals surface area contributed by atoms with Gasteiger partial charge >= 0.3 is 5.97 Å². The van der Waals surface area contributed by atoms with Crippen molar-refractivity contribution < 1.29 is 19.5 Å². The van der Waals surface area contributed by atoms with Crippen molar-refractivity contribution in [2.45, 2.75) is 70.6 Å². The Morgan fingerprint density at radius 3 is 2.19 bits per heavy atom. The van der Waals surface area contributed by atoms with Gasteiger partial charge in [0.05, 0.1) is 17.4 Å². The summed E-state index contributed by atoms with van der Waals surface area (Å²) >= 11 is 1.55. The standard InChI is InChI=1S/C24H32N2O4S/c27-21(18-14-8-10-15(11-9-14)19(18)24(29)30)25-22-20(16-6-2-3-7-17(16)31-22)23(28)26-12-4-1-5-13-26/h14-15,18-19H,1-13H2,(H,25,27)(H,29,30). The summed E-state index contributed by atoms with van der Waals surface area (Å²) in [7, 11) is 0. The Balaban J connectivity index is 1.44. The molecule has 2 atom stereocenters. The van der Waals surface area contributed by atoms with Crippen LogP contribution in [0.4, 0.5) is 5.00 Å². The lowest BCUT2D eigenvalue weighted by molar-refractivity contribution is -0.156. The van der Waals surface area contributed by atoms with Crippen LogP contribution in [0.1, 0.15) is 78.6 Å². The molecule has 1 aromatic heterocycles. The van der Waals surface area contributed by atoms with Crippen molar-refractivity contribution in [1.82, 2.24) is 4.90 Å². The van der Waals surface area contributed by atoms with Crippen LogP contribution >= 0.6 is 11.3 Å². The summed E-state index contributed by atoms with van der Waals surface area (Å²) in [5.41, 5.74) is 1.82. The van der Waals surface area contributed by atoms with Crippen molar-refractivity contribution in [2.75, 3.05) is 18.4 Å². The maximum atomic E-state index is 13.5. The number of carbonyl (C=O) groups is 3. The highest BCUT2D eigenvalue weighted by Gasteiger charge is 2.50. The minimum absolute atomic E-state index is 0.0503. The third kappa shape index (κ3) is 3.79. The molecule has 6 nitrogen and oxygen atoms in total. The van der Waals surface area contributed by atoms with Crippen molar-refractivity contribution >= 4 is 34.1 Å². The molecule has 0 radical (unpaired) electrons. The number of aliphatic carboxylic acids is 1. The van der Waals surface area contributed by atoms with E-state index in [4.69, 9.17) is 0 Å². The number of nitrogens with zero attached hydrogens (tertiary/aromatic N) is 1. The largest absolute Gasteiger partial charge is 0.481 e. The molecule has 1 saturated heterocycles. The number of hydrogen-bond acceptors (Lipinski definition) is 4. The molecule has 2 unspecified atom stereocenters. The van der Waals surface area contributed by atoms with Gasteiger partial charge in [0, 0.05) is 18.0 Å². The van der Waals surface area contributed by atoms with E-state index in [1.807, 2.05) is 4.90 Å². The third-order valence-corrected chi connectivity index (χ3v) is 9.28. The van der Waals surface area contributed by atoms with Crippen LogP contribution in [0.15, 0.2) is 0 Å². The zero-order valence-electron chi connectivity index (χ0n) is 18.0. The quantitative estimate of drug-likeness (QED) is 0.724. The number of carboxylic acids is 1. The van der Waals surface area contributed by atoms with Crippen LogP contribution in [-0.2, 0) is 22.4 Å². The summed E-state index contributed by atoms with van der Waals surface area (Å²) in [5, 5.41) is 13.6. The van der Waals surface area contributed by atoms with Gasteiger partial charge in [0.25, 0.3) is 5.91 Å². The Hall–Kier alpha value is -1.89. The second kappa shape index (κ2) is 8.57. The highest BCUT2D eigenvalue weighted by Crippen LogP contribution is 2.50. The number of thiophene rings is 1. The van der Waals surface area contributed by atoms with E-state index in [1.165, 1.54) is 4.88 Å². The lowest BCUT2D eigenvalue weighted by Gasteiger charge is -2.45. The fourth-order valence-corrected chi connectivity index (χ4v) is 7.80. The molecule has 4 aliphatic carbocycles. The van der Waals surface area contributed by atoms with Crippen molar-refractivity contribution in [3.8, 4) is 0 Å². The fraction of sp³-hybridized carbons (Fsp3) is 0.708. The summed E-state index contributed by atoms with van der Waals surface area (Å²) in [5.74, 6) is -1.82. The number of fused-ring (bicyclic) bond motifs is 4. The number of nitrogens with one attached hydrogen (secondary N) is 1. The second-order valence-electron chi connectivity index (χ2n) is 9.82. The number of amides is 2. The highest BCUT2D eigenvalue weighted by atomic mass is 32.1. The predicted octanol–water partition coefficient (Wildman–Crippen LogP) is 4.33. The lowest BCUT2D eigenvalue weighted by atomic mass is 9.58. The zero-order valence-corrected chi connectivity index (χ0v) is 18.8. The Bertz CT molecular complexity index is 880. The first-order valence-electron chi connectivity index (χ1n) is 12.0. The van der Waals surface area contributed by atoms with Crippen LogP contribution in [0.25, 0.3) is 0 Å². The number of carbonyl (C=O) groups excluding carboxylic acids is 2. The molecule has 2 amide bonds. The van der Waals surface area contributed by atoms with Crippen LogP contribution in [0.2, 0.25) is 0 Å². The van der Waals surface area contributed by atoms with Crippen LogP contribution in [0.3, 0.4) is 0 Å². The van der Waals surface area contributed by atoms with Crippen LogP contribution < -0.4 is 5.32 Å². The van der Waals surface area contributed by atoms with Crippen molar-refractivity contribution in [3.05, 3.63) is 16.0 Å². The molecule has 0 spiro atoms. The maximum Gasteiger partial charge on any atom is 0.307 e. The molecule has 3 saturated carbocycles. The van der Waals surface area contributed by atoms with Gasteiger partial charge in [0.15, 0.2) is 0 Å². The van der Waals surface area contributed by atoms with Gasteiger partial charge in [0.2, 0.25) is 5.91 Å². The van der Waals surface area contributed by atoms with Crippen LogP contribution in [-0.4, -0.2) is 40.9 Å². The first kappa shape index (κ1) is 21.0. The molecule has 0 aromatic carbocycles. The molecule has 168 valence electrons. The summed E-state index contributed by atoms with van der Waals surface area (Å²) < 4.78 is 0. The molecule has 2 N–H and O–H groups in total. The van der Waals surface area contributed by atoms with Gasteiger partial charge in [-0.25, -0.2) is 0 Å². The number of aryl methyl sites for hydroxylation is 1. The van der Waals surface area contributed by atoms with Gasteiger partial charge in [-0.15, -0.1) is 11.3 Å². The van der Waals surface area contributed by atoms with E-state index < -0.39 is 17.8 Å². The van der Waals surface area contributed by atoms with E-state index in [2.05, 4.69) is 5.32 Å². The lowest BCUT2D eigenvalue weighted by Crippen LogP contribution is -2.49. The van der Waals surface area contributed by atoms with E-state index in [-0.39, 0.29) is 23.7 Å². The van der Waals surface area contributed by atoms with Crippen molar-refractivity contribution in [3.63, 3.8) is 0 Å². The minimum Gasteiger partial charge on any atom is -0.481 e. The molecular weight excluding hydrogens is 412 g/mol. The number of carboxylic acid groups (broad SMARTS) is 1. The van der Waals surface area contributed by atoms with Crippen LogP contribution in [0.5, 0.6) is 0 Å². The number of piperidine rings is 1. The third-order valence-electron chi connectivity index (χ3n) is 8.07. The SMILES string of the molecule is O=C(O)C1C2CCC(CC2)C1C(=O)Nc1sc2c(c1C(=O)N1CCCCC1)CCCC2. The number of rotatable bonds is 4. The smallest absolute Gasteiger partial charge is 0.307 e. The number of anilines is 1. The topological polar surface area (TPSA) is 86.7 Å². The van der Waals surface area contributed by atoms with E-state index >= 15 is 0 Å².